The number of benzene rings is 2. The second-order valence-electron chi connectivity index (χ2n) is 6.70. The van der Waals surface area contributed by atoms with E-state index in [-0.39, 0.29) is 12.3 Å². The smallest absolute Gasteiger partial charge is 0.264 e. The van der Waals surface area contributed by atoms with Crippen LogP contribution in [0.5, 0.6) is 0 Å². The van der Waals surface area contributed by atoms with Gasteiger partial charge in [0.2, 0.25) is 0 Å². The van der Waals surface area contributed by atoms with Gasteiger partial charge in [0.25, 0.3) is 5.91 Å². The Labute approximate surface area is 161 Å². The number of carbonyl (C=O) groups excluding carboxylic acids is 2. The average molecular weight is 376 g/mol. The van der Waals surface area contributed by atoms with Crippen LogP contribution in [0.3, 0.4) is 0 Å². The number of nitrogens with zero attached hydrogens (tertiary/aromatic N) is 2. The van der Waals surface area contributed by atoms with Gasteiger partial charge in [-0.2, -0.15) is 0 Å². The first-order valence-electron chi connectivity index (χ1n) is 8.81. The molecule has 1 aromatic heterocycles. The van der Waals surface area contributed by atoms with Gasteiger partial charge >= 0.3 is 0 Å². The molecule has 1 amide bonds. The lowest BCUT2D eigenvalue weighted by atomic mass is 9.88. The highest BCUT2D eigenvalue weighted by molar-refractivity contribution is 6.10. The summed E-state index contributed by atoms with van der Waals surface area (Å²) < 4.78 is 14.1. The van der Waals surface area contributed by atoms with Crippen molar-refractivity contribution in [3.63, 3.8) is 0 Å². The highest BCUT2D eigenvalue weighted by Gasteiger charge is 2.50. The molecule has 0 fully saturated rings. The number of anilines is 1. The van der Waals surface area contributed by atoms with E-state index in [0.29, 0.717) is 22.4 Å². The lowest BCUT2D eigenvalue weighted by molar-refractivity contribution is -0.136. The maximum Gasteiger partial charge on any atom is 0.264 e. The summed E-state index contributed by atoms with van der Waals surface area (Å²) in [6.07, 6.45) is 2.55. The number of hydrogen-bond acceptors (Lipinski definition) is 4. The van der Waals surface area contributed by atoms with Crippen molar-refractivity contribution in [2.45, 2.75) is 18.6 Å². The van der Waals surface area contributed by atoms with E-state index in [4.69, 9.17) is 0 Å². The molecule has 0 radical (unpaired) electrons. The van der Waals surface area contributed by atoms with Crippen molar-refractivity contribution < 1.29 is 19.1 Å². The van der Waals surface area contributed by atoms with Crippen molar-refractivity contribution in [3.8, 4) is 0 Å². The first-order chi connectivity index (χ1) is 13.5. The van der Waals surface area contributed by atoms with Crippen molar-refractivity contribution in [1.29, 1.82) is 0 Å². The van der Waals surface area contributed by atoms with Gasteiger partial charge in [-0.05, 0) is 24.3 Å². The summed E-state index contributed by atoms with van der Waals surface area (Å²) in [5, 5.41) is 11.2. The Balaban J connectivity index is 1.70. The predicted molar refractivity (Wildman–Crippen MR) is 101 cm³/mol. The molecule has 4 rings (SSSR count). The highest BCUT2D eigenvalue weighted by Crippen LogP contribution is 2.43. The topological polar surface area (TPSA) is 70.5 Å². The molecule has 140 valence electrons. The Morgan fingerprint density at radius 1 is 1.04 bits per heavy atom. The van der Waals surface area contributed by atoms with Crippen LogP contribution >= 0.6 is 0 Å². The molecule has 0 saturated carbocycles. The van der Waals surface area contributed by atoms with E-state index < -0.39 is 23.7 Å². The molecule has 28 heavy (non-hydrogen) atoms. The molecule has 6 heteroatoms. The predicted octanol–water partition coefficient (Wildman–Crippen LogP) is 3.23. The zero-order valence-electron chi connectivity index (χ0n) is 14.9. The molecule has 1 aliphatic heterocycles. The first kappa shape index (κ1) is 18.0. The molecule has 0 bridgehead atoms. The molecule has 1 atom stereocenters. The van der Waals surface area contributed by atoms with Gasteiger partial charge in [-0.15, -0.1) is 0 Å². The quantitative estimate of drug-likeness (QED) is 0.694. The Morgan fingerprint density at radius 3 is 2.46 bits per heavy atom. The number of halogens is 1. The molecule has 2 heterocycles. The Kier molecular flexibility index (Phi) is 4.49. The van der Waals surface area contributed by atoms with E-state index in [9.17, 15) is 19.1 Å². The van der Waals surface area contributed by atoms with Crippen LogP contribution in [0.15, 0.2) is 73.1 Å². The summed E-state index contributed by atoms with van der Waals surface area (Å²) in [6, 6.07) is 16.0. The maximum absolute atomic E-state index is 14.1. The van der Waals surface area contributed by atoms with Crippen LogP contribution in [-0.4, -0.2) is 21.8 Å². The third kappa shape index (κ3) is 2.97. The van der Waals surface area contributed by atoms with Crippen LogP contribution in [0, 0.1) is 5.82 Å². The molecule has 1 N–H and O–H groups in total. The number of pyridine rings is 1. The van der Waals surface area contributed by atoms with E-state index >= 15 is 0 Å². The number of fused-ring (bicyclic) bond motifs is 1. The second-order valence-corrected chi connectivity index (χ2v) is 6.70. The lowest BCUT2D eigenvalue weighted by Gasteiger charge is -2.23. The van der Waals surface area contributed by atoms with Crippen LogP contribution in [0.25, 0.3) is 0 Å². The number of hydrogen-bond donors (Lipinski definition) is 1. The van der Waals surface area contributed by atoms with Gasteiger partial charge in [0, 0.05) is 29.1 Å². The zero-order valence-corrected chi connectivity index (χ0v) is 14.9. The third-order valence-corrected chi connectivity index (χ3v) is 4.94. The van der Waals surface area contributed by atoms with Gasteiger partial charge in [-0.25, -0.2) is 4.39 Å². The number of para-hydroxylation sites is 1. The van der Waals surface area contributed by atoms with Crippen molar-refractivity contribution in [2.75, 3.05) is 4.90 Å². The summed E-state index contributed by atoms with van der Waals surface area (Å²) in [5.41, 5.74) is -0.487. The van der Waals surface area contributed by atoms with Crippen LogP contribution < -0.4 is 4.90 Å². The van der Waals surface area contributed by atoms with E-state index in [1.807, 2.05) is 0 Å². The summed E-state index contributed by atoms with van der Waals surface area (Å²) in [6.45, 7) is -0.0335. The van der Waals surface area contributed by atoms with Crippen LogP contribution in [0.1, 0.15) is 27.9 Å². The van der Waals surface area contributed by atoms with Gasteiger partial charge in [0.05, 0.1) is 18.7 Å². The van der Waals surface area contributed by atoms with E-state index in [2.05, 4.69) is 4.98 Å². The third-order valence-electron chi connectivity index (χ3n) is 4.94. The minimum Gasteiger partial charge on any atom is -0.375 e. The molecule has 1 aliphatic rings. The Morgan fingerprint density at radius 2 is 1.71 bits per heavy atom. The average Bonchev–Trinajstić information content (AvgIpc) is 2.92. The van der Waals surface area contributed by atoms with Gasteiger partial charge in [-0.3, -0.25) is 14.6 Å². The number of amides is 1. The summed E-state index contributed by atoms with van der Waals surface area (Å²) in [4.78, 5) is 31.0. The van der Waals surface area contributed by atoms with Gasteiger partial charge in [-0.1, -0.05) is 36.4 Å². The minimum atomic E-state index is -2.00. The fraction of sp³-hybridized carbons (Fsp3) is 0.136. The van der Waals surface area contributed by atoms with Crippen LogP contribution in [0.2, 0.25) is 0 Å². The van der Waals surface area contributed by atoms with Crippen molar-refractivity contribution in [2.24, 2.45) is 0 Å². The Bertz CT molecular complexity index is 1050. The fourth-order valence-corrected chi connectivity index (χ4v) is 3.50. The number of ketones is 1. The SMILES string of the molecule is O=C(C[C@]1(O)C(=O)N(Cc2ccccc2F)c2ccccc21)c1ccncc1. The van der Waals surface area contributed by atoms with Gasteiger partial charge in [0.1, 0.15) is 5.82 Å². The molecule has 3 aromatic rings. The normalized spacial score (nSPS) is 18.2. The Hall–Kier alpha value is -3.38. The zero-order chi connectivity index (χ0) is 19.7. The lowest BCUT2D eigenvalue weighted by Crippen LogP contribution is -2.41. The first-order valence-corrected chi connectivity index (χ1v) is 8.81. The monoisotopic (exact) mass is 376 g/mol. The van der Waals surface area contributed by atoms with Gasteiger partial charge < -0.3 is 10.0 Å². The number of aromatic nitrogens is 1. The largest absolute Gasteiger partial charge is 0.375 e. The van der Waals surface area contributed by atoms with Crippen LogP contribution in [-0.2, 0) is 16.9 Å². The number of rotatable bonds is 5. The fourth-order valence-electron chi connectivity index (χ4n) is 3.50. The molecule has 0 unspecified atom stereocenters. The maximum atomic E-state index is 14.1. The molecule has 0 saturated heterocycles. The molecule has 0 spiro atoms. The molecule has 2 aromatic carbocycles. The second kappa shape index (κ2) is 6.98. The minimum absolute atomic E-state index is 0.0335. The number of aliphatic hydroxyl groups is 1. The van der Waals surface area contributed by atoms with E-state index in [0.717, 1.165) is 0 Å². The standard InChI is InChI=1S/C22H17FN2O3/c23-18-7-3-1-5-16(18)14-25-19-8-4-2-6-17(19)22(28,21(25)27)13-20(26)15-9-11-24-12-10-15/h1-12,28H,13-14H2/t22-/m1/s1. The van der Waals surface area contributed by atoms with Crippen molar-refractivity contribution in [3.05, 3.63) is 95.6 Å². The molecular formula is C22H17FN2O3. The summed E-state index contributed by atoms with van der Waals surface area (Å²) >= 11 is 0. The number of Topliss-reactive ketones (excluding diaryl/α,β-unsaturated/α-hetero) is 1. The van der Waals surface area contributed by atoms with Crippen molar-refractivity contribution >= 4 is 17.4 Å². The number of carbonyl (C=O) groups is 2. The van der Waals surface area contributed by atoms with E-state index in [1.165, 1.54) is 35.5 Å². The summed E-state index contributed by atoms with van der Waals surface area (Å²) in [7, 11) is 0. The highest BCUT2D eigenvalue weighted by atomic mass is 19.1. The molecule has 0 aliphatic carbocycles. The van der Waals surface area contributed by atoms with Crippen molar-refractivity contribution in [1.82, 2.24) is 4.98 Å². The summed E-state index contributed by atoms with van der Waals surface area (Å²) in [5.74, 6) is -1.45. The molecule has 5 nitrogen and oxygen atoms in total. The van der Waals surface area contributed by atoms with Gasteiger partial charge in [0.15, 0.2) is 11.4 Å². The molecular weight excluding hydrogens is 359 g/mol. The van der Waals surface area contributed by atoms with E-state index in [1.54, 1.807) is 42.5 Å². The van der Waals surface area contributed by atoms with Crippen LogP contribution in [0.4, 0.5) is 10.1 Å².